The third kappa shape index (κ3) is 6.02. The van der Waals surface area contributed by atoms with Crippen molar-refractivity contribution in [3.05, 3.63) is 0 Å². The van der Waals surface area contributed by atoms with Gasteiger partial charge >= 0.3 is 0 Å². The van der Waals surface area contributed by atoms with Crippen LogP contribution < -0.4 is 17.2 Å². The van der Waals surface area contributed by atoms with E-state index in [0.717, 1.165) is 44.8 Å². The molecule has 2 unspecified atom stereocenters. The summed E-state index contributed by atoms with van der Waals surface area (Å²) in [5.41, 5.74) is 16.6. The highest BCUT2D eigenvalue weighted by Crippen LogP contribution is 2.22. The molecule has 2 atom stereocenters. The maximum Gasteiger partial charge on any atom is -0.00745 e. The van der Waals surface area contributed by atoms with Crippen molar-refractivity contribution in [2.45, 2.75) is 32.6 Å². The first-order valence-electron chi connectivity index (χ1n) is 5.36. The monoisotopic (exact) mass is 187 g/mol. The Balaban J connectivity index is 3.75. The predicted octanol–water partition coefficient (Wildman–Crippen LogP) is 0.675. The van der Waals surface area contributed by atoms with E-state index in [1.807, 2.05) is 0 Å². The van der Waals surface area contributed by atoms with Crippen LogP contribution in [0.1, 0.15) is 32.6 Å². The van der Waals surface area contributed by atoms with E-state index in [4.69, 9.17) is 17.2 Å². The van der Waals surface area contributed by atoms with Gasteiger partial charge < -0.3 is 17.2 Å². The molecule has 0 fully saturated rings. The van der Waals surface area contributed by atoms with Crippen molar-refractivity contribution in [2.75, 3.05) is 19.6 Å². The molecule has 3 heteroatoms. The second kappa shape index (κ2) is 8.48. The molecule has 6 N–H and O–H groups in total. The van der Waals surface area contributed by atoms with Crippen LogP contribution in [0, 0.1) is 11.8 Å². The van der Waals surface area contributed by atoms with Crippen LogP contribution in [0.5, 0.6) is 0 Å². The van der Waals surface area contributed by atoms with Gasteiger partial charge in [-0.2, -0.15) is 0 Å². The van der Waals surface area contributed by atoms with Crippen LogP contribution in [0.2, 0.25) is 0 Å². The summed E-state index contributed by atoms with van der Waals surface area (Å²) in [6, 6.07) is 0. The van der Waals surface area contributed by atoms with E-state index in [0.29, 0.717) is 5.92 Å². The lowest BCUT2D eigenvalue weighted by molar-refractivity contribution is 0.301. The fourth-order valence-electron chi connectivity index (χ4n) is 1.81. The van der Waals surface area contributed by atoms with Gasteiger partial charge in [-0.15, -0.1) is 0 Å². The molecular formula is C10H25N3. The molecule has 0 spiro atoms. The highest BCUT2D eigenvalue weighted by molar-refractivity contribution is 4.68. The molecule has 0 saturated heterocycles. The van der Waals surface area contributed by atoms with Crippen LogP contribution in [0.4, 0.5) is 0 Å². The average molecular weight is 187 g/mol. The Labute approximate surface area is 82.0 Å². The van der Waals surface area contributed by atoms with Gasteiger partial charge in [-0.3, -0.25) is 0 Å². The maximum atomic E-state index is 5.57. The van der Waals surface area contributed by atoms with Gasteiger partial charge in [0, 0.05) is 0 Å². The van der Waals surface area contributed by atoms with Gasteiger partial charge in [0.25, 0.3) is 0 Å². The highest BCUT2D eigenvalue weighted by atomic mass is 14.5. The van der Waals surface area contributed by atoms with Gasteiger partial charge in [-0.1, -0.05) is 6.92 Å². The third-order valence-corrected chi connectivity index (χ3v) is 2.74. The summed E-state index contributed by atoms with van der Waals surface area (Å²) >= 11 is 0. The van der Waals surface area contributed by atoms with Crippen molar-refractivity contribution >= 4 is 0 Å². The van der Waals surface area contributed by atoms with E-state index in [9.17, 15) is 0 Å². The van der Waals surface area contributed by atoms with Gasteiger partial charge in [-0.05, 0) is 57.2 Å². The molecule has 13 heavy (non-hydrogen) atoms. The second-order valence-electron chi connectivity index (χ2n) is 3.82. The van der Waals surface area contributed by atoms with Gasteiger partial charge in [0.05, 0.1) is 0 Å². The first-order valence-corrected chi connectivity index (χ1v) is 5.36. The summed E-state index contributed by atoms with van der Waals surface area (Å²) in [5.74, 6) is 1.41. The van der Waals surface area contributed by atoms with Crippen LogP contribution >= 0.6 is 0 Å². The molecule has 0 bridgehead atoms. The Bertz CT molecular complexity index is 106. The van der Waals surface area contributed by atoms with Gasteiger partial charge in [0.1, 0.15) is 0 Å². The Morgan fingerprint density at radius 1 is 0.846 bits per heavy atom. The quantitative estimate of drug-likeness (QED) is 0.523. The summed E-state index contributed by atoms with van der Waals surface area (Å²) in [4.78, 5) is 0. The second-order valence-corrected chi connectivity index (χ2v) is 3.82. The van der Waals surface area contributed by atoms with Crippen molar-refractivity contribution in [2.24, 2.45) is 29.0 Å². The number of nitrogens with two attached hydrogens (primary N) is 3. The molecule has 3 nitrogen and oxygen atoms in total. The lowest BCUT2D eigenvalue weighted by Crippen LogP contribution is -2.20. The molecule has 0 aliphatic carbocycles. The molecule has 0 aromatic rings. The predicted molar refractivity (Wildman–Crippen MR) is 58.3 cm³/mol. The fraction of sp³-hybridized carbons (Fsp3) is 1.00. The van der Waals surface area contributed by atoms with E-state index in [1.165, 1.54) is 6.42 Å². The van der Waals surface area contributed by atoms with E-state index in [-0.39, 0.29) is 0 Å². The first kappa shape index (κ1) is 12.9. The number of rotatable bonds is 8. The summed E-state index contributed by atoms with van der Waals surface area (Å²) in [5, 5.41) is 0. The van der Waals surface area contributed by atoms with Gasteiger partial charge in [0.2, 0.25) is 0 Å². The normalized spacial score (nSPS) is 15.7. The maximum absolute atomic E-state index is 5.57. The van der Waals surface area contributed by atoms with Crippen LogP contribution in [0.25, 0.3) is 0 Å². The number of hydrogen-bond donors (Lipinski definition) is 3. The standard InChI is InChI=1S/C10H25N3/c1-9(4-7-12)10(5-8-13)3-2-6-11/h9-10H,2-8,11-13H2,1H3. The molecule has 0 aromatic carbocycles. The van der Waals surface area contributed by atoms with Crippen molar-refractivity contribution in [3.63, 3.8) is 0 Å². The van der Waals surface area contributed by atoms with Crippen LogP contribution in [0.15, 0.2) is 0 Å². The van der Waals surface area contributed by atoms with Crippen molar-refractivity contribution in [1.82, 2.24) is 0 Å². The number of hydrogen-bond acceptors (Lipinski definition) is 3. The van der Waals surface area contributed by atoms with E-state index < -0.39 is 0 Å². The minimum Gasteiger partial charge on any atom is -0.330 e. The van der Waals surface area contributed by atoms with Crippen LogP contribution in [0.3, 0.4) is 0 Å². The molecule has 0 radical (unpaired) electrons. The molecule has 0 amide bonds. The van der Waals surface area contributed by atoms with Crippen molar-refractivity contribution in [3.8, 4) is 0 Å². The van der Waals surface area contributed by atoms with Crippen LogP contribution in [-0.4, -0.2) is 19.6 Å². The summed E-state index contributed by atoms with van der Waals surface area (Å²) in [6.45, 7) is 4.62. The van der Waals surface area contributed by atoms with E-state index in [1.54, 1.807) is 0 Å². The van der Waals surface area contributed by atoms with Gasteiger partial charge in [-0.25, -0.2) is 0 Å². The third-order valence-electron chi connectivity index (χ3n) is 2.74. The lowest BCUT2D eigenvalue weighted by atomic mass is 9.85. The van der Waals surface area contributed by atoms with Gasteiger partial charge in [0.15, 0.2) is 0 Å². The SMILES string of the molecule is CC(CCN)C(CCN)CCCN. The summed E-state index contributed by atoms with van der Waals surface area (Å²) in [6.07, 6.45) is 4.53. The average Bonchev–Trinajstić information content (AvgIpc) is 2.12. The smallest absolute Gasteiger partial charge is 0.00745 e. The minimum atomic E-state index is 0.695. The van der Waals surface area contributed by atoms with Crippen molar-refractivity contribution in [1.29, 1.82) is 0 Å². The molecule has 0 aromatic heterocycles. The molecule has 0 heterocycles. The zero-order chi connectivity index (χ0) is 10.1. The minimum absolute atomic E-state index is 0.695. The Hall–Kier alpha value is -0.120. The molecule has 0 aliphatic heterocycles. The van der Waals surface area contributed by atoms with E-state index in [2.05, 4.69) is 6.92 Å². The topological polar surface area (TPSA) is 78.1 Å². The fourth-order valence-corrected chi connectivity index (χ4v) is 1.81. The van der Waals surface area contributed by atoms with Crippen molar-refractivity contribution < 1.29 is 0 Å². The molecule has 0 rings (SSSR count). The Kier molecular flexibility index (Phi) is 8.40. The zero-order valence-electron chi connectivity index (χ0n) is 8.84. The zero-order valence-corrected chi connectivity index (χ0v) is 8.84. The lowest BCUT2D eigenvalue weighted by Gasteiger charge is -2.22. The molecule has 0 saturated carbocycles. The summed E-state index contributed by atoms with van der Waals surface area (Å²) < 4.78 is 0. The Morgan fingerprint density at radius 2 is 1.46 bits per heavy atom. The largest absolute Gasteiger partial charge is 0.330 e. The molecule has 0 aliphatic rings. The first-order chi connectivity index (χ1) is 6.26. The Morgan fingerprint density at radius 3 is 1.92 bits per heavy atom. The van der Waals surface area contributed by atoms with Crippen LogP contribution in [-0.2, 0) is 0 Å². The molecular weight excluding hydrogens is 162 g/mol. The van der Waals surface area contributed by atoms with E-state index >= 15 is 0 Å². The highest BCUT2D eigenvalue weighted by Gasteiger charge is 2.14. The summed E-state index contributed by atoms with van der Waals surface area (Å²) in [7, 11) is 0. The molecule has 80 valence electrons.